The molecular formula is C8H4F3NOS. The molecule has 0 saturated heterocycles. The number of alkyl halides is 3. The van der Waals surface area contributed by atoms with E-state index in [1.807, 2.05) is 0 Å². The molecule has 0 spiro atoms. The van der Waals surface area contributed by atoms with Gasteiger partial charge in [0.05, 0.1) is 0 Å². The van der Waals surface area contributed by atoms with Crippen LogP contribution in [0.25, 0.3) is 11.1 Å². The Labute approximate surface area is 81.1 Å². The van der Waals surface area contributed by atoms with Gasteiger partial charge in [0.1, 0.15) is 5.52 Å². The molecule has 0 saturated carbocycles. The number of nitrogens with zero attached hydrogens (tertiary/aromatic N) is 1. The molecule has 1 aromatic carbocycles. The largest absolute Gasteiger partial charge is 0.450 e. The topological polar surface area (TPSA) is 26.0 Å². The van der Waals surface area contributed by atoms with E-state index in [1.165, 1.54) is 0 Å². The average Bonchev–Trinajstić information content (AvgIpc) is 2.42. The molecule has 0 radical (unpaired) electrons. The van der Waals surface area contributed by atoms with Gasteiger partial charge in [-0.25, -0.2) is 4.98 Å². The van der Waals surface area contributed by atoms with Gasteiger partial charge >= 0.3 is 5.51 Å². The summed E-state index contributed by atoms with van der Waals surface area (Å²) in [5, 5.41) is -0.376. The van der Waals surface area contributed by atoms with Crippen molar-refractivity contribution >= 4 is 22.9 Å². The lowest BCUT2D eigenvalue weighted by Crippen LogP contribution is -1.98. The number of hydrogen-bond donors (Lipinski definition) is 0. The molecule has 0 bridgehead atoms. The molecule has 0 N–H and O–H groups in total. The Bertz CT molecular complexity index is 418. The van der Waals surface area contributed by atoms with Gasteiger partial charge in [-0.15, -0.1) is 0 Å². The molecule has 2 rings (SSSR count). The van der Waals surface area contributed by atoms with Crippen molar-refractivity contribution in [1.82, 2.24) is 4.98 Å². The summed E-state index contributed by atoms with van der Waals surface area (Å²) in [6.07, 6.45) is 0. The van der Waals surface area contributed by atoms with Gasteiger partial charge < -0.3 is 4.42 Å². The van der Waals surface area contributed by atoms with E-state index >= 15 is 0 Å². The number of oxazole rings is 1. The minimum absolute atomic E-state index is 0.351. The number of hydrogen-bond acceptors (Lipinski definition) is 3. The second-order valence-electron chi connectivity index (χ2n) is 2.50. The number of thioether (sulfide) groups is 1. The first-order valence-corrected chi connectivity index (χ1v) is 4.47. The summed E-state index contributed by atoms with van der Waals surface area (Å²) < 4.78 is 40.7. The Morgan fingerprint density at radius 3 is 2.57 bits per heavy atom. The van der Waals surface area contributed by atoms with E-state index in [4.69, 9.17) is 4.42 Å². The Hall–Kier alpha value is -1.17. The van der Waals surface area contributed by atoms with E-state index in [0.29, 0.717) is 11.1 Å². The van der Waals surface area contributed by atoms with Crippen molar-refractivity contribution in [2.24, 2.45) is 0 Å². The van der Waals surface area contributed by atoms with Crippen molar-refractivity contribution in [3.05, 3.63) is 24.3 Å². The fourth-order valence-electron chi connectivity index (χ4n) is 0.994. The van der Waals surface area contributed by atoms with Crippen LogP contribution in [0.5, 0.6) is 0 Å². The highest BCUT2D eigenvalue weighted by atomic mass is 32.2. The Kier molecular flexibility index (Phi) is 2.14. The molecular weight excluding hydrogens is 215 g/mol. The molecule has 1 heterocycles. The highest BCUT2D eigenvalue weighted by Crippen LogP contribution is 2.37. The maximum Gasteiger partial charge on any atom is 0.450 e. The monoisotopic (exact) mass is 219 g/mol. The number of benzene rings is 1. The highest BCUT2D eigenvalue weighted by Gasteiger charge is 2.32. The Morgan fingerprint density at radius 2 is 1.93 bits per heavy atom. The van der Waals surface area contributed by atoms with E-state index in [0.717, 1.165) is 0 Å². The van der Waals surface area contributed by atoms with Crippen molar-refractivity contribution in [1.29, 1.82) is 0 Å². The third kappa shape index (κ3) is 2.01. The Morgan fingerprint density at radius 1 is 1.21 bits per heavy atom. The predicted molar refractivity (Wildman–Crippen MR) is 45.9 cm³/mol. The molecule has 2 aromatic rings. The van der Waals surface area contributed by atoms with Crippen LogP contribution in [0.3, 0.4) is 0 Å². The van der Waals surface area contributed by atoms with Crippen LogP contribution in [0.2, 0.25) is 0 Å². The molecule has 0 aliphatic carbocycles. The molecule has 2 nitrogen and oxygen atoms in total. The molecule has 0 unspecified atom stereocenters. The van der Waals surface area contributed by atoms with Crippen molar-refractivity contribution in [3.63, 3.8) is 0 Å². The minimum atomic E-state index is -4.36. The van der Waals surface area contributed by atoms with Crippen molar-refractivity contribution in [2.45, 2.75) is 10.7 Å². The molecule has 0 aliphatic rings. The lowest BCUT2D eigenvalue weighted by atomic mass is 10.3. The van der Waals surface area contributed by atoms with Crippen LogP contribution in [0.15, 0.2) is 33.9 Å². The van der Waals surface area contributed by atoms with Crippen molar-refractivity contribution in [2.75, 3.05) is 0 Å². The van der Waals surface area contributed by atoms with Gasteiger partial charge in [-0.3, -0.25) is 0 Å². The fraction of sp³-hybridized carbons (Fsp3) is 0.125. The quantitative estimate of drug-likeness (QED) is 0.687. The van der Waals surface area contributed by atoms with E-state index < -0.39 is 5.51 Å². The van der Waals surface area contributed by atoms with Gasteiger partial charge in [0.25, 0.3) is 5.22 Å². The molecule has 0 amide bonds. The van der Waals surface area contributed by atoms with Gasteiger partial charge in [0.15, 0.2) is 5.58 Å². The molecule has 1 aromatic heterocycles. The number of fused-ring (bicyclic) bond motifs is 1. The zero-order valence-electron chi connectivity index (χ0n) is 6.71. The molecule has 0 fully saturated rings. The second-order valence-corrected chi connectivity index (χ2v) is 3.51. The van der Waals surface area contributed by atoms with E-state index in [9.17, 15) is 13.2 Å². The molecule has 6 heteroatoms. The minimum Gasteiger partial charge on any atom is -0.431 e. The summed E-state index contributed by atoms with van der Waals surface area (Å²) in [5.41, 5.74) is -3.57. The van der Waals surface area contributed by atoms with Crippen molar-refractivity contribution < 1.29 is 17.6 Å². The van der Waals surface area contributed by atoms with E-state index in [2.05, 4.69) is 4.98 Å². The highest BCUT2D eigenvalue weighted by molar-refractivity contribution is 7.99. The fourth-order valence-corrected chi connectivity index (χ4v) is 1.47. The lowest BCUT2D eigenvalue weighted by molar-refractivity contribution is -0.0336. The maximum absolute atomic E-state index is 11.9. The van der Waals surface area contributed by atoms with Crippen molar-refractivity contribution in [3.8, 4) is 0 Å². The normalized spacial score (nSPS) is 12.2. The van der Waals surface area contributed by atoms with Crippen LogP contribution >= 0.6 is 11.8 Å². The lowest BCUT2D eigenvalue weighted by Gasteiger charge is -1.98. The van der Waals surface area contributed by atoms with Crippen LogP contribution < -0.4 is 0 Å². The van der Waals surface area contributed by atoms with E-state index in [-0.39, 0.29) is 17.0 Å². The number of aromatic nitrogens is 1. The van der Waals surface area contributed by atoms with Gasteiger partial charge in [0.2, 0.25) is 0 Å². The van der Waals surface area contributed by atoms with Gasteiger partial charge in [-0.2, -0.15) is 13.2 Å². The first-order chi connectivity index (χ1) is 6.54. The maximum atomic E-state index is 11.9. The predicted octanol–water partition coefficient (Wildman–Crippen LogP) is 3.44. The molecule has 74 valence electrons. The third-order valence-corrected chi connectivity index (χ3v) is 2.06. The first kappa shape index (κ1) is 9.39. The summed E-state index contributed by atoms with van der Waals surface area (Å²) in [6, 6.07) is 6.53. The van der Waals surface area contributed by atoms with Crippen LogP contribution in [-0.2, 0) is 0 Å². The van der Waals surface area contributed by atoms with Crippen LogP contribution in [0.1, 0.15) is 0 Å². The zero-order chi connectivity index (χ0) is 10.2. The van der Waals surface area contributed by atoms with Crippen LogP contribution in [0, 0.1) is 0 Å². The molecule has 0 aliphatic heterocycles. The summed E-state index contributed by atoms with van der Waals surface area (Å²) in [7, 11) is 0. The van der Waals surface area contributed by atoms with E-state index in [1.54, 1.807) is 24.3 Å². The average molecular weight is 219 g/mol. The second kappa shape index (κ2) is 3.20. The van der Waals surface area contributed by atoms with Gasteiger partial charge in [-0.05, 0) is 12.1 Å². The van der Waals surface area contributed by atoms with Crippen LogP contribution in [-0.4, -0.2) is 10.5 Å². The van der Waals surface area contributed by atoms with Gasteiger partial charge in [-0.1, -0.05) is 12.1 Å². The Balaban J connectivity index is 2.36. The first-order valence-electron chi connectivity index (χ1n) is 3.66. The molecule has 14 heavy (non-hydrogen) atoms. The van der Waals surface area contributed by atoms with Gasteiger partial charge in [0, 0.05) is 11.8 Å². The number of rotatable bonds is 1. The molecule has 0 atom stereocenters. The summed E-state index contributed by atoms with van der Waals surface area (Å²) in [5.74, 6) is 0. The zero-order valence-corrected chi connectivity index (χ0v) is 7.52. The summed E-state index contributed by atoms with van der Waals surface area (Å²) in [6.45, 7) is 0. The standard InChI is InChI=1S/C8H4F3NOS/c9-8(10,11)14-7-12-5-3-1-2-4-6(5)13-7/h1-4H. The number of para-hydroxylation sites is 2. The number of halogens is 3. The third-order valence-electron chi connectivity index (χ3n) is 1.48. The smallest absolute Gasteiger partial charge is 0.431 e. The van der Waals surface area contributed by atoms with Crippen LogP contribution in [0.4, 0.5) is 13.2 Å². The summed E-state index contributed by atoms with van der Waals surface area (Å²) in [4.78, 5) is 3.67. The SMILES string of the molecule is FC(F)(F)Sc1nc2ccccc2o1. The summed E-state index contributed by atoms with van der Waals surface area (Å²) >= 11 is -0.351.